The van der Waals surface area contributed by atoms with Crippen molar-refractivity contribution in [1.82, 2.24) is 15.2 Å². The Labute approximate surface area is 90.8 Å². The number of aromatic amines is 1. The average molecular weight is 224 g/mol. The Bertz CT molecular complexity index is 495. The first-order valence-electron chi connectivity index (χ1n) is 3.93. The quantitative estimate of drug-likeness (QED) is 0.756. The zero-order valence-corrected chi connectivity index (χ0v) is 8.64. The van der Waals surface area contributed by atoms with Gasteiger partial charge in [-0.3, -0.25) is 10.1 Å². The molecule has 0 aromatic carbocycles. The SMILES string of the molecule is S=c1[nH]nc(Cl)cc1-c1ccncc1. The lowest BCUT2D eigenvalue weighted by Crippen LogP contribution is -1.87. The van der Waals surface area contributed by atoms with E-state index in [1.54, 1.807) is 18.5 Å². The van der Waals surface area contributed by atoms with Crippen LogP contribution in [0.3, 0.4) is 0 Å². The molecule has 0 radical (unpaired) electrons. The molecule has 14 heavy (non-hydrogen) atoms. The summed E-state index contributed by atoms with van der Waals surface area (Å²) in [5.74, 6) is 0. The number of pyridine rings is 1. The molecule has 0 aliphatic carbocycles. The molecule has 0 aliphatic rings. The second-order valence-electron chi connectivity index (χ2n) is 2.67. The van der Waals surface area contributed by atoms with Crippen LogP contribution >= 0.6 is 23.8 Å². The van der Waals surface area contributed by atoms with Gasteiger partial charge in [-0.15, -0.1) is 0 Å². The largest absolute Gasteiger partial charge is 0.266 e. The van der Waals surface area contributed by atoms with Gasteiger partial charge < -0.3 is 0 Å². The predicted molar refractivity (Wildman–Crippen MR) is 57.7 cm³/mol. The van der Waals surface area contributed by atoms with Crippen LogP contribution in [0, 0.1) is 4.64 Å². The normalized spacial score (nSPS) is 10.1. The van der Waals surface area contributed by atoms with Gasteiger partial charge >= 0.3 is 0 Å². The molecule has 0 fully saturated rings. The Kier molecular flexibility index (Phi) is 2.56. The molecule has 1 N–H and O–H groups in total. The molecule has 0 saturated carbocycles. The first-order valence-corrected chi connectivity index (χ1v) is 4.71. The van der Waals surface area contributed by atoms with Crippen molar-refractivity contribution in [2.45, 2.75) is 0 Å². The van der Waals surface area contributed by atoms with Crippen molar-refractivity contribution in [3.8, 4) is 11.1 Å². The zero-order valence-electron chi connectivity index (χ0n) is 7.07. The van der Waals surface area contributed by atoms with Crippen LogP contribution in [0.5, 0.6) is 0 Å². The zero-order chi connectivity index (χ0) is 9.97. The van der Waals surface area contributed by atoms with Gasteiger partial charge in [0.1, 0.15) is 9.79 Å². The van der Waals surface area contributed by atoms with Gasteiger partial charge in [0.2, 0.25) is 0 Å². The van der Waals surface area contributed by atoms with Crippen molar-refractivity contribution in [1.29, 1.82) is 0 Å². The number of hydrogen-bond donors (Lipinski definition) is 1. The molecule has 0 amide bonds. The summed E-state index contributed by atoms with van der Waals surface area (Å²) >= 11 is 10.9. The molecule has 70 valence electrons. The van der Waals surface area contributed by atoms with Crippen molar-refractivity contribution in [2.24, 2.45) is 0 Å². The topological polar surface area (TPSA) is 41.6 Å². The third kappa shape index (κ3) is 1.81. The summed E-state index contributed by atoms with van der Waals surface area (Å²) in [5.41, 5.74) is 1.84. The molecular formula is C9H6ClN3S. The Balaban J connectivity index is 2.63. The molecule has 0 atom stereocenters. The third-order valence-corrected chi connectivity index (χ3v) is 2.27. The van der Waals surface area contributed by atoms with Gasteiger partial charge in [0.05, 0.1) is 0 Å². The van der Waals surface area contributed by atoms with E-state index in [1.165, 1.54) is 0 Å². The van der Waals surface area contributed by atoms with Crippen molar-refractivity contribution in [3.05, 3.63) is 40.4 Å². The van der Waals surface area contributed by atoms with Crippen molar-refractivity contribution in [2.75, 3.05) is 0 Å². The van der Waals surface area contributed by atoms with Crippen LogP contribution < -0.4 is 0 Å². The maximum Gasteiger partial charge on any atom is 0.150 e. The smallest absolute Gasteiger partial charge is 0.150 e. The van der Waals surface area contributed by atoms with E-state index in [0.29, 0.717) is 9.79 Å². The van der Waals surface area contributed by atoms with E-state index < -0.39 is 0 Å². The number of rotatable bonds is 1. The Hall–Kier alpha value is -1.26. The van der Waals surface area contributed by atoms with Crippen LogP contribution in [0.15, 0.2) is 30.6 Å². The molecule has 0 saturated heterocycles. The van der Waals surface area contributed by atoms with Crippen LogP contribution in [-0.2, 0) is 0 Å². The Morgan fingerprint density at radius 1 is 1.29 bits per heavy atom. The first-order chi connectivity index (χ1) is 6.77. The van der Waals surface area contributed by atoms with Gasteiger partial charge in [-0.2, -0.15) is 5.10 Å². The van der Waals surface area contributed by atoms with E-state index >= 15 is 0 Å². The second kappa shape index (κ2) is 3.86. The lowest BCUT2D eigenvalue weighted by atomic mass is 10.1. The fourth-order valence-electron chi connectivity index (χ4n) is 1.13. The van der Waals surface area contributed by atoms with Gasteiger partial charge in [0, 0.05) is 18.0 Å². The first kappa shape index (κ1) is 9.30. The Morgan fingerprint density at radius 3 is 2.71 bits per heavy atom. The molecular weight excluding hydrogens is 218 g/mol. The summed E-state index contributed by atoms with van der Waals surface area (Å²) in [4.78, 5) is 3.93. The summed E-state index contributed by atoms with van der Waals surface area (Å²) in [6.07, 6.45) is 3.41. The molecule has 2 aromatic rings. The second-order valence-corrected chi connectivity index (χ2v) is 3.46. The van der Waals surface area contributed by atoms with E-state index in [9.17, 15) is 0 Å². The molecule has 2 heterocycles. The molecule has 3 nitrogen and oxygen atoms in total. The highest BCUT2D eigenvalue weighted by Gasteiger charge is 2.01. The summed E-state index contributed by atoms with van der Waals surface area (Å²) in [6.45, 7) is 0. The van der Waals surface area contributed by atoms with Crippen molar-refractivity contribution >= 4 is 23.8 Å². The van der Waals surface area contributed by atoms with E-state index in [1.807, 2.05) is 12.1 Å². The number of nitrogens with one attached hydrogen (secondary N) is 1. The number of halogens is 1. The maximum atomic E-state index is 5.76. The van der Waals surface area contributed by atoms with Gasteiger partial charge in [0.15, 0.2) is 0 Å². The van der Waals surface area contributed by atoms with Crippen molar-refractivity contribution in [3.63, 3.8) is 0 Å². The molecule has 2 aromatic heterocycles. The molecule has 0 bridgehead atoms. The summed E-state index contributed by atoms with van der Waals surface area (Å²) < 4.78 is 0.570. The fourth-order valence-corrected chi connectivity index (χ4v) is 1.50. The van der Waals surface area contributed by atoms with Gasteiger partial charge in [-0.05, 0) is 23.8 Å². The number of hydrogen-bond acceptors (Lipinski definition) is 3. The van der Waals surface area contributed by atoms with Crippen LogP contribution in [0.4, 0.5) is 0 Å². The lowest BCUT2D eigenvalue weighted by molar-refractivity contribution is 1.02. The highest BCUT2D eigenvalue weighted by atomic mass is 35.5. The molecule has 0 spiro atoms. The van der Waals surface area contributed by atoms with Crippen molar-refractivity contribution < 1.29 is 0 Å². The van der Waals surface area contributed by atoms with Crippen LogP contribution in [0.25, 0.3) is 11.1 Å². The Morgan fingerprint density at radius 2 is 2.00 bits per heavy atom. The van der Waals surface area contributed by atoms with Gasteiger partial charge in [0.25, 0.3) is 0 Å². The lowest BCUT2D eigenvalue weighted by Gasteiger charge is -2.00. The van der Waals surface area contributed by atoms with E-state index in [2.05, 4.69) is 15.2 Å². The minimum atomic E-state index is 0.394. The highest BCUT2D eigenvalue weighted by molar-refractivity contribution is 7.71. The van der Waals surface area contributed by atoms with E-state index in [4.69, 9.17) is 23.8 Å². The fraction of sp³-hybridized carbons (Fsp3) is 0. The average Bonchev–Trinajstić information content (AvgIpc) is 2.23. The number of nitrogens with zero attached hydrogens (tertiary/aromatic N) is 2. The van der Waals surface area contributed by atoms with E-state index in [0.717, 1.165) is 11.1 Å². The summed E-state index contributed by atoms with van der Waals surface area (Å²) in [6, 6.07) is 5.47. The van der Waals surface area contributed by atoms with E-state index in [-0.39, 0.29) is 0 Å². The maximum absolute atomic E-state index is 5.76. The molecule has 5 heteroatoms. The minimum Gasteiger partial charge on any atom is -0.266 e. The monoisotopic (exact) mass is 223 g/mol. The molecule has 0 aliphatic heterocycles. The third-order valence-electron chi connectivity index (χ3n) is 1.76. The van der Waals surface area contributed by atoms with Crippen LogP contribution in [0.2, 0.25) is 5.15 Å². The molecule has 2 rings (SSSR count). The van der Waals surface area contributed by atoms with Gasteiger partial charge in [-0.25, -0.2) is 0 Å². The number of aromatic nitrogens is 3. The molecule has 0 unspecified atom stereocenters. The summed E-state index contributed by atoms with van der Waals surface area (Å²) in [7, 11) is 0. The number of H-pyrrole nitrogens is 1. The highest BCUT2D eigenvalue weighted by Crippen LogP contribution is 2.20. The van der Waals surface area contributed by atoms with Gasteiger partial charge in [-0.1, -0.05) is 23.8 Å². The summed E-state index contributed by atoms with van der Waals surface area (Å²) in [5, 5.41) is 6.86. The predicted octanol–water partition coefficient (Wildman–Crippen LogP) is 2.85. The standard InChI is InChI=1S/C9H6ClN3S/c10-8-5-7(9(14)13-12-8)6-1-3-11-4-2-6/h1-5H,(H,13,14). The van der Waals surface area contributed by atoms with Crippen LogP contribution in [-0.4, -0.2) is 15.2 Å². The minimum absolute atomic E-state index is 0.394. The van der Waals surface area contributed by atoms with Crippen LogP contribution in [0.1, 0.15) is 0 Å².